The monoisotopic (exact) mass is 219 g/mol. The van der Waals surface area contributed by atoms with Gasteiger partial charge < -0.3 is 5.32 Å². The number of halogens is 2. The minimum absolute atomic E-state index is 0.0693. The summed E-state index contributed by atoms with van der Waals surface area (Å²) in [5.41, 5.74) is -0.675. The van der Waals surface area contributed by atoms with E-state index in [1.54, 1.807) is 6.92 Å². The lowest BCUT2D eigenvalue weighted by Gasteiger charge is -2.39. The van der Waals surface area contributed by atoms with E-state index in [-0.39, 0.29) is 31.5 Å². The second-order valence-corrected chi connectivity index (χ2v) is 4.25. The molecule has 1 aliphatic rings. The molecule has 0 amide bonds. The summed E-state index contributed by atoms with van der Waals surface area (Å²) in [5, 5.41) is 3.10. The molecule has 1 fully saturated rings. The number of ketones is 1. The van der Waals surface area contributed by atoms with Gasteiger partial charge in [-0.1, -0.05) is 13.8 Å². The van der Waals surface area contributed by atoms with Gasteiger partial charge in [-0.2, -0.15) is 0 Å². The van der Waals surface area contributed by atoms with Crippen molar-refractivity contribution in [3.05, 3.63) is 0 Å². The van der Waals surface area contributed by atoms with E-state index in [0.717, 1.165) is 0 Å². The van der Waals surface area contributed by atoms with Crippen LogP contribution in [0.1, 0.15) is 46.0 Å². The predicted octanol–water partition coefficient (Wildman–Crippen LogP) is 2.52. The summed E-state index contributed by atoms with van der Waals surface area (Å²) in [5.74, 6) is -2.51. The Morgan fingerprint density at radius 1 is 1.20 bits per heavy atom. The Kier molecular flexibility index (Phi) is 3.82. The molecule has 15 heavy (non-hydrogen) atoms. The molecule has 0 aromatic heterocycles. The minimum Gasteiger partial charge on any atom is -0.305 e. The third-order valence-electron chi connectivity index (χ3n) is 3.21. The molecule has 88 valence electrons. The molecule has 0 heterocycles. The highest BCUT2D eigenvalue weighted by atomic mass is 19.3. The number of Topliss-reactive ketones (excluding diaryl/α,β-unsaturated/α-hetero) is 1. The van der Waals surface area contributed by atoms with E-state index in [9.17, 15) is 13.6 Å². The van der Waals surface area contributed by atoms with Crippen LogP contribution in [-0.4, -0.2) is 23.8 Å². The maximum atomic E-state index is 13.0. The van der Waals surface area contributed by atoms with Crippen molar-refractivity contribution in [2.75, 3.05) is 6.54 Å². The predicted molar refractivity (Wildman–Crippen MR) is 55.1 cm³/mol. The molecule has 4 heteroatoms. The van der Waals surface area contributed by atoms with Gasteiger partial charge in [-0.05, 0) is 19.4 Å². The molecule has 1 saturated carbocycles. The Morgan fingerprint density at radius 2 is 1.73 bits per heavy atom. The van der Waals surface area contributed by atoms with Crippen molar-refractivity contribution in [1.29, 1.82) is 0 Å². The van der Waals surface area contributed by atoms with Gasteiger partial charge in [0.15, 0.2) is 5.78 Å². The first-order valence-corrected chi connectivity index (χ1v) is 5.62. The molecule has 0 saturated heterocycles. The summed E-state index contributed by atoms with van der Waals surface area (Å²) in [6.45, 7) is 4.34. The van der Waals surface area contributed by atoms with Crippen LogP contribution in [0.5, 0.6) is 0 Å². The highest BCUT2D eigenvalue weighted by molar-refractivity contribution is 5.88. The lowest BCUT2D eigenvalue weighted by molar-refractivity contribution is -0.131. The lowest BCUT2D eigenvalue weighted by atomic mass is 9.76. The lowest BCUT2D eigenvalue weighted by Crippen LogP contribution is -2.55. The van der Waals surface area contributed by atoms with Gasteiger partial charge in [0, 0.05) is 19.3 Å². The van der Waals surface area contributed by atoms with E-state index >= 15 is 0 Å². The zero-order chi connectivity index (χ0) is 11.5. The standard InChI is InChI=1S/C11H19F2NO/c1-3-9(15)10(14-4-2)5-7-11(12,13)8-6-10/h14H,3-8H2,1-2H3. The van der Waals surface area contributed by atoms with Gasteiger partial charge >= 0.3 is 0 Å². The summed E-state index contributed by atoms with van der Waals surface area (Å²) in [7, 11) is 0. The SMILES string of the molecule is CCNC1(C(=O)CC)CCC(F)(F)CC1. The highest BCUT2D eigenvalue weighted by Crippen LogP contribution is 2.39. The van der Waals surface area contributed by atoms with E-state index in [4.69, 9.17) is 0 Å². The first kappa shape index (κ1) is 12.6. The summed E-state index contributed by atoms with van der Waals surface area (Å²) in [6, 6.07) is 0. The van der Waals surface area contributed by atoms with E-state index < -0.39 is 11.5 Å². The Morgan fingerprint density at radius 3 is 2.13 bits per heavy atom. The Bertz CT molecular complexity index is 231. The fourth-order valence-corrected chi connectivity index (χ4v) is 2.27. The molecule has 0 spiro atoms. The summed E-state index contributed by atoms with van der Waals surface area (Å²) in [6.07, 6.45) is 0.594. The largest absolute Gasteiger partial charge is 0.305 e. The molecule has 0 radical (unpaired) electrons. The number of likely N-dealkylation sites (N-methyl/N-ethyl adjacent to an activating group) is 1. The Balaban J connectivity index is 2.73. The molecule has 1 N–H and O–H groups in total. The van der Waals surface area contributed by atoms with Crippen molar-refractivity contribution < 1.29 is 13.6 Å². The minimum atomic E-state index is -2.58. The van der Waals surface area contributed by atoms with E-state index in [2.05, 4.69) is 5.32 Å². The molecule has 0 aliphatic heterocycles. The third-order valence-corrected chi connectivity index (χ3v) is 3.21. The van der Waals surface area contributed by atoms with Gasteiger partial charge in [-0.3, -0.25) is 4.79 Å². The molecular formula is C11H19F2NO. The van der Waals surface area contributed by atoms with Crippen molar-refractivity contribution in [1.82, 2.24) is 5.32 Å². The highest BCUT2D eigenvalue weighted by Gasteiger charge is 2.46. The number of carbonyl (C=O) groups excluding carboxylic acids is 1. The quantitative estimate of drug-likeness (QED) is 0.787. The van der Waals surface area contributed by atoms with Crippen LogP contribution in [0.4, 0.5) is 8.78 Å². The van der Waals surface area contributed by atoms with Crippen LogP contribution in [-0.2, 0) is 4.79 Å². The van der Waals surface area contributed by atoms with E-state index in [1.165, 1.54) is 0 Å². The summed E-state index contributed by atoms with van der Waals surface area (Å²) >= 11 is 0. The van der Waals surface area contributed by atoms with E-state index in [0.29, 0.717) is 13.0 Å². The summed E-state index contributed by atoms with van der Waals surface area (Å²) < 4.78 is 26.0. The molecule has 1 rings (SSSR count). The van der Waals surface area contributed by atoms with E-state index in [1.807, 2.05) is 6.92 Å². The number of rotatable bonds is 4. The number of alkyl halides is 2. The molecule has 0 atom stereocenters. The van der Waals surface area contributed by atoms with Gasteiger partial charge in [-0.15, -0.1) is 0 Å². The van der Waals surface area contributed by atoms with Crippen molar-refractivity contribution in [2.45, 2.75) is 57.4 Å². The average molecular weight is 219 g/mol. The molecule has 1 aliphatic carbocycles. The molecule has 0 unspecified atom stereocenters. The zero-order valence-electron chi connectivity index (χ0n) is 9.41. The van der Waals surface area contributed by atoms with Crippen LogP contribution < -0.4 is 5.32 Å². The van der Waals surface area contributed by atoms with Crippen LogP contribution in [0.3, 0.4) is 0 Å². The van der Waals surface area contributed by atoms with Crippen molar-refractivity contribution >= 4 is 5.78 Å². The smallest absolute Gasteiger partial charge is 0.248 e. The fraction of sp³-hybridized carbons (Fsp3) is 0.909. The van der Waals surface area contributed by atoms with Crippen molar-refractivity contribution in [2.24, 2.45) is 0 Å². The first-order valence-electron chi connectivity index (χ1n) is 5.62. The van der Waals surface area contributed by atoms with Crippen LogP contribution in [0.25, 0.3) is 0 Å². The number of hydrogen-bond acceptors (Lipinski definition) is 2. The first-order chi connectivity index (χ1) is 6.96. The number of nitrogens with one attached hydrogen (secondary N) is 1. The third kappa shape index (κ3) is 2.74. The molecule has 0 bridgehead atoms. The normalized spacial score (nSPS) is 23.7. The van der Waals surface area contributed by atoms with Crippen LogP contribution in [0, 0.1) is 0 Å². The van der Waals surface area contributed by atoms with Crippen LogP contribution >= 0.6 is 0 Å². The second-order valence-electron chi connectivity index (χ2n) is 4.25. The second kappa shape index (κ2) is 4.56. The fourth-order valence-electron chi connectivity index (χ4n) is 2.27. The van der Waals surface area contributed by atoms with Gasteiger partial charge in [0.1, 0.15) is 0 Å². The number of hydrogen-bond donors (Lipinski definition) is 1. The van der Waals surface area contributed by atoms with Crippen LogP contribution in [0.15, 0.2) is 0 Å². The molecule has 0 aromatic carbocycles. The topological polar surface area (TPSA) is 29.1 Å². The van der Waals surface area contributed by atoms with Gasteiger partial charge in [0.2, 0.25) is 5.92 Å². The average Bonchev–Trinajstić information content (AvgIpc) is 2.21. The van der Waals surface area contributed by atoms with Gasteiger partial charge in [0.25, 0.3) is 0 Å². The molecule has 0 aromatic rings. The number of carbonyl (C=O) groups is 1. The molecular weight excluding hydrogens is 200 g/mol. The maximum absolute atomic E-state index is 13.0. The summed E-state index contributed by atoms with van der Waals surface area (Å²) in [4.78, 5) is 11.8. The van der Waals surface area contributed by atoms with Gasteiger partial charge in [0.05, 0.1) is 5.54 Å². The maximum Gasteiger partial charge on any atom is 0.248 e. The molecule has 2 nitrogen and oxygen atoms in total. The van der Waals surface area contributed by atoms with Crippen molar-refractivity contribution in [3.63, 3.8) is 0 Å². The van der Waals surface area contributed by atoms with Crippen LogP contribution in [0.2, 0.25) is 0 Å². The van der Waals surface area contributed by atoms with Gasteiger partial charge in [-0.25, -0.2) is 8.78 Å². The Labute approximate surface area is 89.4 Å². The Hall–Kier alpha value is -0.510. The zero-order valence-corrected chi connectivity index (χ0v) is 9.41. The van der Waals surface area contributed by atoms with Crippen molar-refractivity contribution in [3.8, 4) is 0 Å².